The van der Waals surface area contributed by atoms with Crippen molar-refractivity contribution in [2.45, 2.75) is 57.9 Å². The van der Waals surface area contributed by atoms with Gasteiger partial charge in [-0.2, -0.15) is 0 Å². The highest BCUT2D eigenvalue weighted by atomic mass is 16.2. The lowest BCUT2D eigenvalue weighted by Crippen LogP contribution is -2.43. The Labute approximate surface area is 105 Å². The number of carbonyl (C=O) groups excluding carboxylic acids is 1. The normalized spacial score (nSPS) is 34.7. The second kappa shape index (κ2) is 5.85. The molecular formula is C14H26N2O. The summed E-state index contributed by atoms with van der Waals surface area (Å²) in [6.45, 7) is 3.85. The summed E-state index contributed by atoms with van der Waals surface area (Å²) in [4.78, 5) is 14.7. The van der Waals surface area contributed by atoms with Crippen LogP contribution in [0.3, 0.4) is 0 Å². The summed E-state index contributed by atoms with van der Waals surface area (Å²) in [5.74, 6) is 1.06. The molecule has 1 amide bonds. The summed E-state index contributed by atoms with van der Waals surface area (Å²) in [6.07, 6.45) is 8.29. The third kappa shape index (κ3) is 2.82. The predicted molar refractivity (Wildman–Crippen MR) is 69.5 cm³/mol. The van der Waals surface area contributed by atoms with Gasteiger partial charge in [-0.15, -0.1) is 0 Å². The van der Waals surface area contributed by atoms with Crippen molar-refractivity contribution in [3.63, 3.8) is 0 Å². The Kier molecular flexibility index (Phi) is 4.43. The number of likely N-dealkylation sites (tertiary alicyclic amines) is 1. The van der Waals surface area contributed by atoms with Crippen molar-refractivity contribution < 1.29 is 4.79 Å². The lowest BCUT2D eigenvalue weighted by Gasteiger charge is -2.31. The number of nitrogens with zero attached hydrogens (tertiary/aromatic N) is 1. The number of rotatable bonds is 2. The summed E-state index contributed by atoms with van der Waals surface area (Å²) in [6, 6.07) is 0.434. The van der Waals surface area contributed by atoms with Gasteiger partial charge in [0.15, 0.2) is 0 Å². The van der Waals surface area contributed by atoms with Crippen LogP contribution in [0.5, 0.6) is 0 Å². The molecule has 0 spiro atoms. The third-order valence-corrected chi connectivity index (χ3v) is 4.62. The predicted octanol–water partition coefficient (Wildman–Crippen LogP) is 2.15. The molecule has 3 nitrogen and oxygen atoms in total. The Morgan fingerprint density at radius 3 is 2.76 bits per heavy atom. The molecule has 17 heavy (non-hydrogen) atoms. The molecule has 1 saturated heterocycles. The van der Waals surface area contributed by atoms with Crippen LogP contribution in [0.1, 0.15) is 51.9 Å². The van der Waals surface area contributed by atoms with Crippen LogP contribution < -0.4 is 5.73 Å². The molecule has 0 aromatic rings. The van der Waals surface area contributed by atoms with Crippen molar-refractivity contribution in [1.29, 1.82) is 0 Å². The van der Waals surface area contributed by atoms with Gasteiger partial charge in [0.05, 0.1) is 0 Å². The average molecular weight is 238 g/mol. The molecule has 1 heterocycles. The second-order valence-corrected chi connectivity index (χ2v) is 5.76. The van der Waals surface area contributed by atoms with Crippen molar-refractivity contribution in [2.75, 3.05) is 13.1 Å². The first-order chi connectivity index (χ1) is 8.24. The molecule has 1 aliphatic carbocycles. The zero-order chi connectivity index (χ0) is 12.3. The maximum Gasteiger partial charge on any atom is 0.226 e. The monoisotopic (exact) mass is 238 g/mol. The number of carbonyl (C=O) groups is 1. The summed E-state index contributed by atoms with van der Waals surface area (Å²) in [7, 11) is 0. The Morgan fingerprint density at radius 2 is 2.00 bits per heavy atom. The van der Waals surface area contributed by atoms with Crippen LogP contribution in [0.25, 0.3) is 0 Å². The second-order valence-electron chi connectivity index (χ2n) is 5.76. The van der Waals surface area contributed by atoms with Crippen molar-refractivity contribution in [3.8, 4) is 0 Å². The van der Waals surface area contributed by atoms with E-state index in [1.165, 1.54) is 32.1 Å². The van der Waals surface area contributed by atoms with Crippen LogP contribution in [-0.4, -0.2) is 29.9 Å². The zero-order valence-corrected chi connectivity index (χ0v) is 11.0. The van der Waals surface area contributed by atoms with Crippen LogP contribution in [0, 0.1) is 11.8 Å². The standard InChI is InChI=1S/C14H26N2O/c1-11-6-3-2-4-9-16(11)14(17)13-8-5-7-12(13)10-15/h11-13H,2-10,15H2,1H3/t11?,12-,13-/m1/s1. The van der Waals surface area contributed by atoms with Gasteiger partial charge < -0.3 is 10.6 Å². The number of hydrogen-bond acceptors (Lipinski definition) is 2. The van der Waals surface area contributed by atoms with E-state index >= 15 is 0 Å². The minimum atomic E-state index is 0.223. The summed E-state index contributed by atoms with van der Waals surface area (Å²) >= 11 is 0. The lowest BCUT2D eigenvalue weighted by molar-refractivity contribution is -0.138. The summed E-state index contributed by atoms with van der Waals surface area (Å²) < 4.78 is 0. The van der Waals surface area contributed by atoms with Crippen LogP contribution in [0.15, 0.2) is 0 Å². The number of nitrogens with two attached hydrogens (primary N) is 1. The van der Waals surface area contributed by atoms with Gasteiger partial charge in [0.2, 0.25) is 5.91 Å². The molecule has 2 N–H and O–H groups in total. The van der Waals surface area contributed by atoms with Gasteiger partial charge in [0.25, 0.3) is 0 Å². The van der Waals surface area contributed by atoms with Crippen molar-refractivity contribution in [3.05, 3.63) is 0 Å². The fraction of sp³-hybridized carbons (Fsp3) is 0.929. The molecule has 2 aliphatic rings. The minimum absolute atomic E-state index is 0.223. The van der Waals surface area contributed by atoms with E-state index in [1.54, 1.807) is 0 Å². The van der Waals surface area contributed by atoms with Gasteiger partial charge in [-0.3, -0.25) is 4.79 Å². The molecule has 0 aromatic carbocycles. The number of hydrogen-bond donors (Lipinski definition) is 1. The van der Waals surface area contributed by atoms with E-state index in [-0.39, 0.29) is 5.92 Å². The zero-order valence-electron chi connectivity index (χ0n) is 11.0. The van der Waals surface area contributed by atoms with Crippen molar-refractivity contribution in [1.82, 2.24) is 4.90 Å². The molecule has 2 rings (SSSR count). The van der Waals surface area contributed by atoms with E-state index in [9.17, 15) is 4.79 Å². The van der Waals surface area contributed by atoms with Gasteiger partial charge in [0, 0.05) is 18.5 Å². The summed E-state index contributed by atoms with van der Waals surface area (Å²) in [5, 5.41) is 0. The van der Waals surface area contributed by atoms with Gasteiger partial charge in [-0.1, -0.05) is 19.3 Å². The largest absolute Gasteiger partial charge is 0.340 e. The topological polar surface area (TPSA) is 46.3 Å². The van der Waals surface area contributed by atoms with Gasteiger partial charge in [-0.25, -0.2) is 0 Å². The quantitative estimate of drug-likeness (QED) is 0.801. The number of amides is 1. The van der Waals surface area contributed by atoms with Gasteiger partial charge in [0.1, 0.15) is 0 Å². The Morgan fingerprint density at radius 1 is 1.18 bits per heavy atom. The lowest BCUT2D eigenvalue weighted by atomic mass is 9.94. The molecule has 1 unspecified atom stereocenters. The van der Waals surface area contributed by atoms with E-state index < -0.39 is 0 Å². The summed E-state index contributed by atoms with van der Waals surface area (Å²) in [5.41, 5.74) is 5.79. The first kappa shape index (κ1) is 12.9. The molecule has 1 aliphatic heterocycles. The average Bonchev–Trinajstić information content (AvgIpc) is 2.71. The Hall–Kier alpha value is -0.570. The van der Waals surface area contributed by atoms with E-state index in [1.807, 2.05) is 0 Å². The molecule has 0 bridgehead atoms. The maximum atomic E-state index is 12.6. The van der Waals surface area contributed by atoms with Crippen LogP contribution in [0.2, 0.25) is 0 Å². The van der Waals surface area contributed by atoms with E-state index in [0.717, 1.165) is 19.4 Å². The molecule has 98 valence electrons. The molecule has 3 atom stereocenters. The van der Waals surface area contributed by atoms with Crippen LogP contribution >= 0.6 is 0 Å². The molecule has 3 heteroatoms. The fourth-order valence-electron chi connectivity index (χ4n) is 3.46. The van der Waals surface area contributed by atoms with Crippen LogP contribution in [0.4, 0.5) is 0 Å². The first-order valence-corrected chi connectivity index (χ1v) is 7.24. The SMILES string of the molecule is CC1CCCCCN1C(=O)[C@@H]1CCC[C@@H]1CN. The van der Waals surface area contributed by atoms with Crippen molar-refractivity contribution in [2.24, 2.45) is 17.6 Å². The van der Waals surface area contributed by atoms with E-state index in [2.05, 4.69) is 11.8 Å². The molecule has 2 fully saturated rings. The maximum absolute atomic E-state index is 12.6. The van der Waals surface area contributed by atoms with Crippen LogP contribution in [-0.2, 0) is 4.79 Å². The van der Waals surface area contributed by atoms with Crippen molar-refractivity contribution >= 4 is 5.91 Å². The minimum Gasteiger partial charge on any atom is -0.340 e. The highest BCUT2D eigenvalue weighted by molar-refractivity contribution is 5.79. The van der Waals surface area contributed by atoms with E-state index in [4.69, 9.17) is 5.73 Å². The van der Waals surface area contributed by atoms with Gasteiger partial charge >= 0.3 is 0 Å². The Balaban J connectivity index is 2.02. The molecule has 0 aromatic heterocycles. The smallest absolute Gasteiger partial charge is 0.226 e. The third-order valence-electron chi connectivity index (χ3n) is 4.62. The highest BCUT2D eigenvalue weighted by Crippen LogP contribution is 2.33. The molecule has 1 saturated carbocycles. The Bertz CT molecular complexity index is 267. The highest BCUT2D eigenvalue weighted by Gasteiger charge is 2.36. The molecular weight excluding hydrogens is 212 g/mol. The van der Waals surface area contributed by atoms with E-state index in [0.29, 0.717) is 24.4 Å². The first-order valence-electron chi connectivity index (χ1n) is 7.24. The van der Waals surface area contributed by atoms with Gasteiger partial charge in [-0.05, 0) is 45.1 Å². The fourth-order valence-corrected chi connectivity index (χ4v) is 3.46. The molecule has 0 radical (unpaired) electrons.